The zero-order valence-corrected chi connectivity index (χ0v) is 12.1. The smallest absolute Gasteiger partial charge is 0.269 e. The number of carbonyl (C=O) groups is 1. The van der Waals surface area contributed by atoms with Crippen LogP contribution < -0.4 is 4.90 Å². The fourth-order valence-corrected chi connectivity index (χ4v) is 2.08. The number of hydrogen-bond donors (Lipinski definition) is 0. The van der Waals surface area contributed by atoms with Crippen LogP contribution in [0.3, 0.4) is 0 Å². The van der Waals surface area contributed by atoms with Gasteiger partial charge in [-0.25, -0.2) is 0 Å². The second kappa shape index (κ2) is 6.06. The minimum Gasteiger partial charge on any atom is -0.311 e. The second-order valence-electron chi connectivity index (χ2n) is 4.78. The molecule has 0 fully saturated rings. The summed E-state index contributed by atoms with van der Waals surface area (Å²) >= 11 is 0. The molecule has 0 heterocycles. The van der Waals surface area contributed by atoms with Crippen LogP contribution in [0.2, 0.25) is 0 Å². The molecule has 0 aliphatic heterocycles. The zero-order valence-electron chi connectivity index (χ0n) is 12.1. The quantitative estimate of drug-likeness (QED) is 0.643. The summed E-state index contributed by atoms with van der Waals surface area (Å²) in [5.41, 5.74) is 1.90. The number of rotatable bonds is 3. The molecule has 2 rings (SSSR count). The first-order chi connectivity index (χ1) is 10.4. The third kappa shape index (κ3) is 2.94. The second-order valence-corrected chi connectivity index (χ2v) is 4.78. The van der Waals surface area contributed by atoms with Crippen molar-refractivity contribution in [3.8, 4) is 6.07 Å². The van der Waals surface area contributed by atoms with Crippen LogP contribution in [0.25, 0.3) is 0 Å². The van der Waals surface area contributed by atoms with Crippen molar-refractivity contribution in [2.45, 2.75) is 6.92 Å². The maximum Gasteiger partial charge on any atom is 0.269 e. The maximum atomic E-state index is 12.5. The highest BCUT2D eigenvalue weighted by atomic mass is 16.6. The largest absolute Gasteiger partial charge is 0.311 e. The molecule has 0 aliphatic rings. The van der Waals surface area contributed by atoms with E-state index in [0.717, 1.165) is 0 Å². The summed E-state index contributed by atoms with van der Waals surface area (Å²) in [7, 11) is 1.60. The number of non-ortho nitro benzene ring substituents is 1. The number of benzene rings is 2. The van der Waals surface area contributed by atoms with Crippen LogP contribution in [0.1, 0.15) is 21.5 Å². The molecule has 0 atom stereocenters. The molecule has 0 unspecified atom stereocenters. The summed E-state index contributed by atoms with van der Waals surface area (Å²) < 4.78 is 0. The van der Waals surface area contributed by atoms with E-state index in [1.807, 2.05) is 6.07 Å². The highest BCUT2D eigenvalue weighted by Crippen LogP contribution is 2.21. The molecule has 6 heteroatoms. The Morgan fingerprint density at radius 2 is 2.00 bits per heavy atom. The van der Waals surface area contributed by atoms with Gasteiger partial charge in [0.25, 0.3) is 11.6 Å². The Bertz CT molecular complexity index is 793. The SMILES string of the molecule is Cc1cc([N+](=O)[O-])ccc1C(=O)N(C)c1cccc(C#N)c1. The van der Waals surface area contributed by atoms with Gasteiger partial charge in [-0.05, 0) is 36.8 Å². The highest BCUT2D eigenvalue weighted by molar-refractivity contribution is 6.06. The molecular weight excluding hydrogens is 282 g/mol. The van der Waals surface area contributed by atoms with Gasteiger partial charge >= 0.3 is 0 Å². The third-order valence-corrected chi connectivity index (χ3v) is 3.32. The van der Waals surface area contributed by atoms with E-state index >= 15 is 0 Å². The van der Waals surface area contributed by atoms with E-state index in [0.29, 0.717) is 22.4 Å². The molecule has 0 bridgehead atoms. The predicted octanol–water partition coefficient (Wildman–Crippen LogP) is 3.05. The van der Waals surface area contributed by atoms with Crippen molar-refractivity contribution in [2.24, 2.45) is 0 Å². The van der Waals surface area contributed by atoms with E-state index in [4.69, 9.17) is 5.26 Å². The minimum absolute atomic E-state index is 0.0526. The van der Waals surface area contributed by atoms with Gasteiger partial charge in [-0.2, -0.15) is 5.26 Å². The number of nitrogens with zero attached hydrogens (tertiary/aromatic N) is 3. The molecular formula is C16H13N3O3. The van der Waals surface area contributed by atoms with E-state index in [-0.39, 0.29) is 11.6 Å². The van der Waals surface area contributed by atoms with Crippen LogP contribution in [-0.4, -0.2) is 17.9 Å². The Morgan fingerprint density at radius 1 is 1.27 bits per heavy atom. The lowest BCUT2D eigenvalue weighted by molar-refractivity contribution is -0.384. The molecule has 0 spiro atoms. The summed E-state index contributed by atoms with van der Waals surface area (Å²) in [5.74, 6) is -0.289. The Balaban J connectivity index is 2.35. The molecule has 0 aliphatic carbocycles. The van der Waals surface area contributed by atoms with Gasteiger partial charge in [0.15, 0.2) is 0 Å². The maximum absolute atomic E-state index is 12.5. The highest BCUT2D eigenvalue weighted by Gasteiger charge is 2.18. The van der Waals surface area contributed by atoms with Crippen LogP contribution in [0.4, 0.5) is 11.4 Å². The lowest BCUT2D eigenvalue weighted by Gasteiger charge is -2.18. The third-order valence-electron chi connectivity index (χ3n) is 3.32. The van der Waals surface area contributed by atoms with Crippen molar-refractivity contribution in [2.75, 3.05) is 11.9 Å². The normalized spacial score (nSPS) is 9.86. The number of nitriles is 1. The molecule has 2 aromatic rings. The molecule has 0 radical (unpaired) electrons. The fourth-order valence-electron chi connectivity index (χ4n) is 2.08. The number of hydrogen-bond acceptors (Lipinski definition) is 4. The minimum atomic E-state index is -0.499. The van der Waals surface area contributed by atoms with Gasteiger partial charge in [-0.3, -0.25) is 14.9 Å². The van der Waals surface area contributed by atoms with E-state index in [9.17, 15) is 14.9 Å². The lowest BCUT2D eigenvalue weighted by Crippen LogP contribution is -2.27. The summed E-state index contributed by atoms with van der Waals surface area (Å²) in [6.07, 6.45) is 0. The Morgan fingerprint density at radius 3 is 2.59 bits per heavy atom. The van der Waals surface area contributed by atoms with Gasteiger partial charge in [0.2, 0.25) is 0 Å². The summed E-state index contributed by atoms with van der Waals surface area (Å²) in [4.78, 5) is 24.2. The molecule has 0 saturated heterocycles. The van der Waals surface area contributed by atoms with Crippen molar-refractivity contribution in [1.82, 2.24) is 0 Å². The fraction of sp³-hybridized carbons (Fsp3) is 0.125. The van der Waals surface area contributed by atoms with E-state index < -0.39 is 4.92 Å². The summed E-state index contributed by atoms with van der Waals surface area (Å²) in [6.45, 7) is 1.65. The standard InChI is InChI=1S/C16H13N3O3/c1-11-8-14(19(21)22)6-7-15(11)16(20)18(2)13-5-3-4-12(9-13)10-17/h3-9H,1-2H3. The van der Waals surface area contributed by atoms with Gasteiger partial charge in [0.1, 0.15) is 0 Å². The molecule has 0 aromatic heterocycles. The first-order valence-corrected chi connectivity index (χ1v) is 6.47. The number of aryl methyl sites for hydroxylation is 1. The summed E-state index contributed by atoms with van der Waals surface area (Å²) in [6, 6.07) is 12.8. The van der Waals surface area contributed by atoms with Crippen LogP contribution in [-0.2, 0) is 0 Å². The predicted molar refractivity (Wildman–Crippen MR) is 81.7 cm³/mol. The van der Waals surface area contributed by atoms with E-state index in [2.05, 4.69) is 0 Å². The summed E-state index contributed by atoms with van der Waals surface area (Å²) in [5, 5.41) is 19.6. The first kappa shape index (κ1) is 15.2. The van der Waals surface area contributed by atoms with Crippen molar-refractivity contribution in [1.29, 1.82) is 5.26 Å². The number of carbonyl (C=O) groups excluding carboxylic acids is 1. The molecule has 1 amide bonds. The van der Waals surface area contributed by atoms with Crippen molar-refractivity contribution in [3.05, 3.63) is 69.3 Å². The van der Waals surface area contributed by atoms with Gasteiger partial charge in [0.05, 0.1) is 16.6 Å². The number of nitro groups is 1. The van der Waals surface area contributed by atoms with Crippen LogP contribution in [0.15, 0.2) is 42.5 Å². The Kier molecular flexibility index (Phi) is 4.18. The lowest BCUT2D eigenvalue weighted by atomic mass is 10.1. The van der Waals surface area contributed by atoms with Gasteiger partial charge in [-0.1, -0.05) is 6.07 Å². The first-order valence-electron chi connectivity index (χ1n) is 6.47. The van der Waals surface area contributed by atoms with E-state index in [1.165, 1.54) is 23.1 Å². The van der Waals surface area contributed by atoms with Crippen molar-refractivity contribution < 1.29 is 9.72 Å². The average molecular weight is 295 g/mol. The van der Waals surface area contributed by atoms with Gasteiger partial charge < -0.3 is 4.90 Å². The van der Waals surface area contributed by atoms with Gasteiger partial charge in [-0.15, -0.1) is 0 Å². The monoisotopic (exact) mass is 295 g/mol. The number of amides is 1. The molecule has 2 aromatic carbocycles. The van der Waals surface area contributed by atoms with Crippen LogP contribution in [0, 0.1) is 28.4 Å². The zero-order chi connectivity index (χ0) is 16.3. The topological polar surface area (TPSA) is 87.2 Å². The molecule has 22 heavy (non-hydrogen) atoms. The van der Waals surface area contributed by atoms with Gasteiger partial charge in [0, 0.05) is 30.4 Å². The number of nitro benzene ring substituents is 1. The van der Waals surface area contributed by atoms with Crippen LogP contribution in [0.5, 0.6) is 0 Å². The average Bonchev–Trinajstić information content (AvgIpc) is 2.53. The van der Waals surface area contributed by atoms with Crippen molar-refractivity contribution >= 4 is 17.3 Å². The molecule has 110 valence electrons. The number of anilines is 1. The molecule has 0 N–H and O–H groups in total. The Labute approximate surface area is 127 Å². The van der Waals surface area contributed by atoms with Crippen LogP contribution >= 0.6 is 0 Å². The van der Waals surface area contributed by atoms with Crippen molar-refractivity contribution in [3.63, 3.8) is 0 Å². The Hall–Kier alpha value is -3.20. The molecule has 0 saturated carbocycles. The van der Waals surface area contributed by atoms with E-state index in [1.54, 1.807) is 38.2 Å². The molecule has 6 nitrogen and oxygen atoms in total.